The van der Waals surface area contributed by atoms with Gasteiger partial charge < -0.3 is 15.0 Å². The second kappa shape index (κ2) is 10.6. The molecule has 0 saturated carbocycles. The van der Waals surface area contributed by atoms with Gasteiger partial charge in [0, 0.05) is 13.1 Å². The molecule has 0 aliphatic rings. The van der Waals surface area contributed by atoms with Crippen molar-refractivity contribution >= 4 is 11.8 Å². The van der Waals surface area contributed by atoms with E-state index in [1.807, 2.05) is 45.0 Å². The first-order valence-electron chi connectivity index (χ1n) is 9.77. The van der Waals surface area contributed by atoms with Crippen LogP contribution in [0.15, 0.2) is 48.5 Å². The normalized spacial score (nSPS) is 11.8. The Morgan fingerprint density at radius 2 is 1.79 bits per heavy atom. The van der Waals surface area contributed by atoms with Gasteiger partial charge in [-0.3, -0.25) is 9.59 Å². The van der Waals surface area contributed by atoms with Crippen LogP contribution in [0.2, 0.25) is 0 Å². The molecule has 29 heavy (non-hydrogen) atoms. The highest BCUT2D eigenvalue weighted by Gasteiger charge is 2.26. The van der Waals surface area contributed by atoms with Gasteiger partial charge in [-0.05, 0) is 49.6 Å². The number of benzene rings is 2. The molecule has 1 atom stereocenters. The Morgan fingerprint density at radius 3 is 2.41 bits per heavy atom. The molecule has 0 spiro atoms. The maximum absolute atomic E-state index is 13.0. The van der Waals surface area contributed by atoms with Gasteiger partial charge in [-0.1, -0.05) is 43.7 Å². The minimum atomic E-state index is -0.654. The van der Waals surface area contributed by atoms with Crippen molar-refractivity contribution in [3.63, 3.8) is 0 Å². The molecule has 2 rings (SSSR count). The number of ether oxygens (including phenoxy) is 1. The number of hydrogen-bond donors (Lipinski definition) is 1. The SMILES string of the molecule is Cc1cccc(CN(C(=O)COc2ccc(F)cc2)C(C)C(=O)NCC(C)C)c1. The quantitative estimate of drug-likeness (QED) is 0.698. The third-order valence-corrected chi connectivity index (χ3v) is 4.46. The molecular formula is C23H29FN2O3. The third-order valence-electron chi connectivity index (χ3n) is 4.46. The largest absolute Gasteiger partial charge is 0.484 e. The number of carbonyl (C=O) groups is 2. The van der Waals surface area contributed by atoms with E-state index in [1.54, 1.807) is 6.92 Å². The van der Waals surface area contributed by atoms with Crippen molar-refractivity contribution < 1.29 is 18.7 Å². The lowest BCUT2D eigenvalue weighted by atomic mass is 10.1. The maximum Gasteiger partial charge on any atom is 0.261 e. The third kappa shape index (κ3) is 7.22. The van der Waals surface area contributed by atoms with Crippen molar-refractivity contribution in [3.8, 4) is 5.75 Å². The Kier molecular flexibility index (Phi) is 8.19. The van der Waals surface area contributed by atoms with Gasteiger partial charge >= 0.3 is 0 Å². The molecule has 0 aromatic heterocycles. The summed E-state index contributed by atoms with van der Waals surface area (Å²) in [4.78, 5) is 27.0. The van der Waals surface area contributed by atoms with Crippen molar-refractivity contribution in [1.82, 2.24) is 10.2 Å². The highest BCUT2D eigenvalue weighted by molar-refractivity contribution is 5.87. The lowest BCUT2D eigenvalue weighted by Gasteiger charge is -2.29. The highest BCUT2D eigenvalue weighted by atomic mass is 19.1. The van der Waals surface area contributed by atoms with Crippen LogP contribution in [-0.4, -0.2) is 35.9 Å². The van der Waals surface area contributed by atoms with Crippen LogP contribution in [0.25, 0.3) is 0 Å². The van der Waals surface area contributed by atoms with E-state index in [0.29, 0.717) is 24.8 Å². The number of amides is 2. The van der Waals surface area contributed by atoms with E-state index in [-0.39, 0.29) is 24.2 Å². The summed E-state index contributed by atoms with van der Waals surface area (Å²) in [5.74, 6) is -0.189. The Labute approximate surface area is 171 Å². The summed E-state index contributed by atoms with van der Waals surface area (Å²) < 4.78 is 18.5. The summed E-state index contributed by atoms with van der Waals surface area (Å²) in [6.45, 7) is 8.31. The number of aryl methyl sites for hydroxylation is 1. The second-order valence-electron chi connectivity index (χ2n) is 7.57. The topological polar surface area (TPSA) is 58.6 Å². The number of nitrogens with zero attached hydrogens (tertiary/aromatic N) is 1. The molecule has 6 heteroatoms. The summed E-state index contributed by atoms with van der Waals surface area (Å²) in [5.41, 5.74) is 2.01. The fourth-order valence-electron chi connectivity index (χ4n) is 2.80. The molecule has 2 aromatic carbocycles. The maximum atomic E-state index is 13.0. The second-order valence-corrected chi connectivity index (χ2v) is 7.57. The molecule has 2 amide bonds. The van der Waals surface area contributed by atoms with Crippen LogP contribution in [0, 0.1) is 18.7 Å². The predicted molar refractivity (Wildman–Crippen MR) is 111 cm³/mol. The van der Waals surface area contributed by atoms with Crippen LogP contribution in [0.3, 0.4) is 0 Å². The molecule has 0 aliphatic heterocycles. The van der Waals surface area contributed by atoms with Crippen molar-refractivity contribution in [2.24, 2.45) is 5.92 Å². The molecule has 156 valence electrons. The van der Waals surface area contributed by atoms with Crippen molar-refractivity contribution in [3.05, 3.63) is 65.5 Å². The van der Waals surface area contributed by atoms with E-state index in [4.69, 9.17) is 4.74 Å². The average molecular weight is 400 g/mol. The average Bonchev–Trinajstić information content (AvgIpc) is 2.69. The zero-order valence-electron chi connectivity index (χ0n) is 17.4. The van der Waals surface area contributed by atoms with Crippen LogP contribution < -0.4 is 10.1 Å². The minimum absolute atomic E-state index is 0.207. The van der Waals surface area contributed by atoms with Crippen LogP contribution >= 0.6 is 0 Å². The van der Waals surface area contributed by atoms with Gasteiger partial charge in [-0.25, -0.2) is 4.39 Å². The van der Waals surface area contributed by atoms with Crippen molar-refractivity contribution in [2.45, 2.75) is 40.3 Å². The van der Waals surface area contributed by atoms with E-state index < -0.39 is 6.04 Å². The molecule has 0 aliphatic carbocycles. The number of nitrogens with one attached hydrogen (secondary N) is 1. The van der Waals surface area contributed by atoms with Gasteiger partial charge in [-0.15, -0.1) is 0 Å². The van der Waals surface area contributed by atoms with E-state index >= 15 is 0 Å². The van der Waals surface area contributed by atoms with Gasteiger partial charge in [-0.2, -0.15) is 0 Å². The summed E-state index contributed by atoms with van der Waals surface area (Å²) in [7, 11) is 0. The fourth-order valence-corrected chi connectivity index (χ4v) is 2.80. The van der Waals surface area contributed by atoms with Gasteiger partial charge in [0.2, 0.25) is 5.91 Å². The molecular weight excluding hydrogens is 371 g/mol. The fraction of sp³-hybridized carbons (Fsp3) is 0.391. The van der Waals surface area contributed by atoms with Crippen molar-refractivity contribution in [2.75, 3.05) is 13.2 Å². The zero-order valence-corrected chi connectivity index (χ0v) is 17.4. The van der Waals surface area contributed by atoms with E-state index in [1.165, 1.54) is 29.2 Å². The predicted octanol–water partition coefficient (Wildman–Crippen LogP) is 3.70. The first-order chi connectivity index (χ1) is 13.8. The van der Waals surface area contributed by atoms with Gasteiger partial charge in [0.05, 0.1) is 0 Å². The molecule has 1 N–H and O–H groups in total. The molecule has 0 fully saturated rings. The Bertz CT molecular complexity index is 821. The van der Waals surface area contributed by atoms with Crippen LogP contribution in [0.1, 0.15) is 31.9 Å². The van der Waals surface area contributed by atoms with E-state index in [9.17, 15) is 14.0 Å². The lowest BCUT2D eigenvalue weighted by Crippen LogP contribution is -2.49. The van der Waals surface area contributed by atoms with E-state index in [0.717, 1.165) is 11.1 Å². The summed E-state index contributed by atoms with van der Waals surface area (Å²) in [6.07, 6.45) is 0. The molecule has 0 bridgehead atoms. The molecule has 0 radical (unpaired) electrons. The van der Waals surface area contributed by atoms with E-state index in [2.05, 4.69) is 5.32 Å². The van der Waals surface area contributed by atoms with Crippen LogP contribution in [-0.2, 0) is 16.1 Å². The number of carbonyl (C=O) groups excluding carboxylic acids is 2. The molecule has 0 saturated heterocycles. The smallest absolute Gasteiger partial charge is 0.261 e. The minimum Gasteiger partial charge on any atom is -0.484 e. The first-order valence-corrected chi connectivity index (χ1v) is 9.77. The van der Waals surface area contributed by atoms with Crippen LogP contribution in [0.5, 0.6) is 5.75 Å². The Balaban J connectivity index is 2.12. The lowest BCUT2D eigenvalue weighted by molar-refractivity contribution is -0.142. The van der Waals surface area contributed by atoms with Crippen LogP contribution in [0.4, 0.5) is 4.39 Å². The van der Waals surface area contributed by atoms with Gasteiger partial charge in [0.25, 0.3) is 5.91 Å². The molecule has 5 nitrogen and oxygen atoms in total. The van der Waals surface area contributed by atoms with Crippen molar-refractivity contribution in [1.29, 1.82) is 0 Å². The molecule has 0 heterocycles. The monoisotopic (exact) mass is 400 g/mol. The number of halogens is 1. The molecule has 1 unspecified atom stereocenters. The molecule has 2 aromatic rings. The standard InChI is InChI=1S/C23H29FN2O3/c1-16(2)13-25-23(28)18(4)26(14-19-7-5-6-17(3)12-19)22(27)15-29-21-10-8-20(24)9-11-21/h5-12,16,18H,13-15H2,1-4H3,(H,25,28). The summed E-state index contributed by atoms with van der Waals surface area (Å²) >= 11 is 0. The van der Waals surface area contributed by atoms with Gasteiger partial charge in [0.1, 0.15) is 17.6 Å². The Hall–Kier alpha value is -2.89. The first kappa shape index (κ1) is 22.4. The number of hydrogen-bond acceptors (Lipinski definition) is 3. The zero-order chi connectivity index (χ0) is 21.4. The highest BCUT2D eigenvalue weighted by Crippen LogP contribution is 2.14. The Morgan fingerprint density at radius 1 is 1.10 bits per heavy atom. The summed E-state index contributed by atoms with van der Waals surface area (Å²) in [5, 5.41) is 2.88. The van der Waals surface area contributed by atoms with Gasteiger partial charge in [0.15, 0.2) is 6.61 Å². The number of rotatable bonds is 9. The summed E-state index contributed by atoms with van der Waals surface area (Å²) in [6, 6.07) is 12.6.